The largest absolute Gasteiger partial charge is 0.494 e. The van der Waals surface area contributed by atoms with Crippen LogP contribution in [0.2, 0.25) is 5.02 Å². The van der Waals surface area contributed by atoms with Crippen molar-refractivity contribution in [2.45, 2.75) is 32.7 Å². The van der Waals surface area contributed by atoms with Crippen LogP contribution in [0.1, 0.15) is 36.7 Å². The summed E-state index contributed by atoms with van der Waals surface area (Å²) >= 11 is 7.76. The zero-order valence-electron chi connectivity index (χ0n) is 17.6. The Morgan fingerprint density at radius 2 is 1.97 bits per heavy atom. The molecular formula is C24H23ClN2O3S. The van der Waals surface area contributed by atoms with Crippen molar-refractivity contribution in [3.05, 3.63) is 76.7 Å². The number of anilines is 1. The van der Waals surface area contributed by atoms with Crippen molar-refractivity contribution < 1.29 is 13.9 Å². The number of methoxy groups -OCH3 is 1. The van der Waals surface area contributed by atoms with Crippen LogP contribution in [0, 0.1) is 0 Å². The first-order valence-corrected chi connectivity index (χ1v) is 11.2. The summed E-state index contributed by atoms with van der Waals surface area (Å²) in [5.74, 6) is 1.68. The predicted octanol–water partition coefficient (Wildman–Crippen LogP) is 6.45. The molecule has 5 nitrogen and oxygen atoms in total. The second kappa shape index (κ2) is 9.12. The van der Waals surface area contributed by atoms with Gasteiger partial charge in [0.2, 0.25) is 5.91 Å². The normalized spacial score (nSPS) is 11.3. The molecule has 2 aromatic heterocycles. The van der Waals surface area contributed by atoms with Gasteiger partial charge in [-0.15, -0.1) is 0 Å². The highest BCUT2D eigenvalue weighted by Gasteiger charge is 2.23. The number of benzene rings is 2. The van der Waals surface area contributed by atoms with Crippen molar-refractivity contribution in [2.24, 2.45) is 0 Å². The lowest BCUT2D eigenvalue weighted by atomic mass is 10.0. The van der Waals surface area contributed by atoms with Crippen LogP contribution in [0.15, 0.2) is 59.2 Å². The predicted molar refractivity (Wildman–Crippen MR) is 125 cm³/mol. The van der Waals surface area contributed by atoms with Gasteiger partial charge in [0.1, 0.15) is 17.0 Å². The third-order valence-corrected chi connectivity index (χ3v) is 6.63. The molecule has 0 aliphatic rings. The Hall–Kier alpha value is -2.83. The molecule has 0 radical (unpaired) electrons. The molecule has 0 unspecified atom stereocenters. The Balaban J connectivity index is 1.68. The van der Waals surface area contributed by atoms with E-state index in [-0.39, 0.29) is 18.9 Å². The van der Waals surface area contributed by atoms with E-state index in [1.165, 1.54) is 16.9 Å². The lowest BCUT2D eigenvalue weighted by molar-refractivity contribution is -0.118. The number of hydrogen-bond donors (Lipinski definition) is 0. The van der Waals surface area contributed by atoms with Gasteiger partial charge in [0.25, 0.3) is 0 Å². The van der Waals surface area contributed by atoms with Gasteiger partial charge in [0.15, 0.2) is 5.13 Å². The summed E-state index contributed by atoms with van der Waals surface area (Å²) in [4.78, 5) is 19.7. The molecule has 0 aliphatic carbocycles. The van der Waals surface area contributed by atoms with Crippen LogP contribution in [-0.2, 0) is 17.8 Å². The van der Waals surface area contributed by atoms with Gasteiger partial charge in [-0.3, -0.25) is 9.69 Å². The minimum absolute atomic E-state index is 0.0668. The fourth-order valence-corrected chi connectivity index (χ4v) is 4.61. The standard InChI is InChI=1S/C24H23ClN2O3S/c1-15(2)17-8-6-16(7-9-17)13-21(28)27(14-18-5-4-12-30-18)24-26-22-20(29-3)11-10-19(25)23(22)31-24/h4-12,15H,13-14H2,1-3H3. The van der Waals surface area contributed by atoms with Gasteiger partial charge in [0.05, 0.1) is 36.1 Å². The van der Waals surface area contributed by atoms with Crippen LogP contribution in [0.4, 0.5) is 5.13 Å². The number of ether oxygens (including phenoxy) is 1. The highest BCUT2D eigenvalue weighted by atomic mass is 35.5. The summed E-state index contributed by atoms with van der Waals surface area (Å²) in [6, 6.07) is 15.4. The maximum atomic E-state index is 13.4. The quantitative estimate of drug-likeness (QED) is 0.322. The summed E-state index contributed by atoms with van der Waals surface area (Å²) < 4.78 is 11.7. The van der Waals surface area contributed by atoms with Crippen molar-refractivity contribution in [1.82, 2.24) is 4.98 Å². The van der Waals surface area contributed by atoms with Crippen molar-refractivity contribution in [3.63, 3.8) is 0 Å². The molecule has 4 aromatic rings. The van der Waals surface area contributed by atoms with E-state index in [1.807, 2.05) is 18.2 Å². The van der Waals surface area contributed by atoms with Gasteiger partial charge >= 0.3 is 0 Å². The molecule has 0 N–H and O–H groups in total. The average molecular weight is 455 g/mol. The number of amides is 1. The second-order valence-electron chi connectivity index (χ2n) is 7.56. The SMILES string of the molecule is COc1ccc(Cl)c2sc(N(Cc3ccco3)C(=O)Cc3ccc(C(C)C)cc3)nc12. The molecule has 4 rings (SSSR count). The summed E-state index contributed by atoms with van der Waals surface area (Å²) in [6.45, 7) is 4.59. The molecule has 0 spiro atoms. The maximum absolute atomic E-state index is 13.4. The van der Waals surface area contributed by atoms with E-state index in [9.17, 15) is 4.79 Å². The van der Waals surface area contributed by atoms with Crippen LogP contribution in [0.25, 0.3) is 10.2 Å². The van der Waals surface area contributed by atoms with Gasteiger partial charge in [-0.2, -0.15) is 0 Å². The topological polar surface area (TPSA) is 55.6 Å². The summed E-state index contributed by atoms with van der Waals surface area (Å²) in [5, 5.41) is 1.14. The lowest BCUT2D eigenvalue weighted by Crippen LogP contribution is -2.31. The van der Waals surface area contributed by atoms with Crippen LogP contribution in [0.3, 0.4) is 0 Å². The van der Waals surface area contributed by atoms with Crippen molar-refractivity contribution in [3.8, 4) is 5.75 Å². The van der Waals surface area contributed by atoms with E-state index in [2.05, 4.69) is 26.0 Å². The van der Waals surface area contributed by atoms with E-state index in [0.29, 0.717) is 33.1 Å². The Labute approximate surface area is 190 Å². The van der Waals surface area contributed by atoms with Gasteiger partial charge in [0, 0.05) is 0 Å². The molecule has 0 aliphatic heterocycles. The van der Waals surface area contributed by atoms with Crippen LogP contribution in [-0.4, -0.2) is 18.0 Å². The maximum Gasteiger partial charge on any atom is 0.233 e. The summed E-state index contributed by atoms with van der Waals surface area (Å²) in [6.07, 6.45) is 1.86. The number of nitrogens with zero attached hydrogens (tertiary/aromatic N) is 2. The number of halogens is 1. The number of carbonyl (C=O) groups excluding carboxylic acids is 1. The Morgan fingerprint density at radius 3 is 2.61 bits per heavy atom. The number of hydrogen-bond acceptors (Lipinski definition) is 5. The zero-order valence-corrected chi connectivity index (χ0v) is 19.2. The fraction of sp³-hybridized carbons (Fsp3) is 0.250. The Kier molecular flexibility index (Phi) is 6.30. The van der Waals surface area contributed by atoms with E-state index < -0.39 is 0 Å². The molecular weight excluding hydrogens is 432 g/mol. The minimum Gasteiger partial charge on any atom is -0.494 e. The molecule has 2 aromatic carbocycles. The highest BCUT2D eigenvalue weighted by Crippen LogP contribution is 2.39. The number of rotatable bonds is 7. The molecule has 0 saturated heterocycles. The van der Waals surface area contributed by atoms with Crippen molar-refractivity contribution in [1.29, 1.82) is 0 Å². The van der Waals surface area contributed by atoms with E-state index >= 15 is 0 Å². The number of carbonyl (C=O) groups is 1. The van der Waals surface area contributed by atoms with E-state index in [0.717, 1.165) is 10.3 Å². The van der Waals surface area contributed by atoms with Crippen molar-refractivity contribution >= 4 is 44.2 Å². The number of thiazole rings is 1. The zero-order chi connectivity index (χ0) is 22.0. The van der Waals surface area contributed by atoms with Gasteiger partial charge in [-0.25, -0.2) is 4.98 Å². The summed E-state index contributed by atoms with van der Waals surface area (Å²) in [7, 11) is 1.59. The fourth-order valence-electron chi connectivity index (χ4n) is 3.33. The second-order valence-corrected chi connectivity index (χ2v) is 8.94. The number of fused-ring (bicyclic) bond motifs is 1. The average Bonchev–Trinajstić information content (AvgIpc) is 3.43. The van der Waals surface area contributed by atoms with Crippen LogP contribution < -0.4 is 9.64 Å². The van der Waals surface area contributed by atoms with Crippen molar-refractivity contribution in [2.75, 3.05) is 12.0 Å². The molecule has 7 heteroatoms. The van der Waals surface area contributed by atoms with Gasteiger partial charge in [-0.1, -0.05) is 61.1 Å². The number of aromatic nitrogens is 1. The van der Waals surface area contributed by atoms with E-state index in [1.54, 1.807) is 36.5 Å². The van der Waals surface area contributed by atoms with Gasteiger partial charge < -0.3 is 9.15 Å². The molecule has 0 fully saturated rings. The number of furan rings is 1. The smallest absolute Gasteiger partial charge is 0.233 e. The highest BCUT2D eigenvalue weighted by molar-refractivity contribution is 7.23. The van der Waals surface area contributed by atoms with E-state index in [4.69, 9.17) is 25.7 Å². The minimum atomic E-state index is -0.0668. The van der Waals surface area contributed by atoms with Gasteiger partial charge in [-0.05, 0) is 41.3 Å². The molecule has 0 atom stereocenters. The molecule has 1 amide bonds. The molecule has 160 valence electrons. The van der Waals surface area contributed by atoms with Crippen LogP contribution >= 0.6 is 22.9 Å². The lowest BCUT2D eigenvalue weighted by Gasteiger charge is -2.19. The van der Waals surface area contributed by atoms with Crippen LogP contribution in [0.5, 0.6) is 5.75 Å². The molecule has 0 saturated carbocycles. The third kappa shape index (κ3) is 4.60. The molecule has 2 heterocycles. The molecule has 31 heavy (non-hydrogen) atoms. The molecule has 0 bridgehead atoms. The third-order valence-electron chi connectivity index (χ3n) is 5.09. The summed E-state index contributed by atoms with van der Waals surface area (Å²) in [5.41, 5.74) is 2.85. The Morgan fingerprint density at radius 1 is 1.19 bits per heavy atom. The first-order chi connectivity index (χ1) is 15.0. The first-order valence-electron chi connectivity index (χ1n) is 10.0. The Bertz CT molecular complexity index is 1180. The monoisotopic (exact) mass is 454 g/mol. The first kappa shape index (κ1) is 21.4.